The second-order valence-electron chi connectivity index (χ2n) is 8.43. The maximum Gasteiger partial charge on any atom is 0.326 e. The number of benzene rings is 1. The fourth-order valence-corrected chi connectivity index (χ4v) is 3.51. The van der Waals surface area contributed by atoms with Gasteiger partial charge in [0.15, 0.2) is 0 Å². The summed E-state index contributed by atoms with van der Waals surface area (Å²) < 4.78 is 0. The van der Waals surface area contributed by atoms with Gasteiger partial charge in [-0.1, -0.05) is 44.2 Å². The Kier molecular flexibility index (Phi) is 12.6. The van der Waals surface area contributed by atoms with Crippen molar-refractivity contribution in [2.24, 2.45) is 11.7 Å². The topological polar surface area (TPSA) is 171 Å². The molecule has 1 aromatic carbocycles. The van der Waals surface area contributed by atoms with Crippen LogP contribution < -0.4 is 21.7 Å². The number of aliphatic carboxylic acids is 1. The summed E-state index contributed by atoms with van der Waals surface area (Å²) in [6.45, 7) is 4.86. The fraction of sp³-hybridized carbons (Fsp3) is 0.565. The van der Waals surface area contributed by atoms with Crippen LogP contribution in [0.15, 0.2) is 30.3 Å². The van der Waals surface area contributed by atoms with Gasteiger partial charge in [0.2, 0.25) is 17.7 Å². The lowest BCUT2D eigenvalue weighted by Gasteiger charge is -2.27. The Morgan fingerprint density at radius 1 is 0.941 bits per heavy atom. The Hall–Kier alpha value is -2.63. The van der Waals surface area contributed by atoms with Gasteiger partial charge in [-0.25, -0.2) is 4.79 Å². The van der Waals surface area contributed by atoms with Gasteiger partial charge in [-0.15, -0.1) is 0 Å². The number of nitrogens with two attached hydrogens (primary N) is 1. The predicted octanol–water partition coefficient (Wildman–Crippen LogP) is -0.115. The number of thioether (sulfide) groups is 1. The molecule has 10 nitrogen and oxygen atoms in total. The molecule has 3 amide bonds. The van der Waals surface area contributed by atoms with E-state index < -0.39 is 54.0 Å². The molecule has 0 bridgehead atoms. The summed E-state index contributed by atoms with van der Waals surface area (Å²) in [7, 11) is 0. The minimum atomic E-state index is -1.42. The van der Waals surface area contributed by atoms with Crippen LogP contribution in [0.2, 0.25) is 0 Å². The van der Waals surface area contributed by atoms with Gasteiger partial charge in [-0.3, -0.25) is 14.4 Å². The summed E-state index contributed by atoms with van der Waals surface area (Å²) in [5.74, 6) is -2.93. The van der Waals surface area contributed by atoms with Gasteiger partial charge in [-0.2, -0.15) is 11.8 Å². The molecule has 190 valence electrons. The standard InChI is InChI=1S/C23H36N4O6S/c1-13(2)18(24)21(30)26-17(12-15-8-6-5-7-9-15)20(29)27-19(14(3)28)22(31)25-16(23(32)33)10-11-34-4/h5-9,13-14,16-19,28H,10-12,24H2,1-4H3,(H,25,31)(H,26,30)(H,27,29)(H,32,33). The van der Waals surface area contributed by atoms with Crippen LogP contribution in [-0.4, -0.2) is 76.2 Å². The minimum absolute atomic E-state index is 0.128. The van der Waals surface area contributed by atoms with Crippen LogP contribution in [0, 0.1) is 5.92 Å². The number of carboxylic acids is 1. The Labute approximate surface area is 204 Å². The molecule has 0 aliphatic carbocycles. The number of amides is 3. The summed E-state index contributed by atoms with van der Waals surface area (Å²) in [6.07, 6.45) is 0.807. The molecule has 11 heteroatoms. The van der Waals surface area contributed by atoms with Gasteiger partial charge in [0.1, 0.15) is 18.1 Å². The Bertz CT molecular complexity index is 821. The molecule has 0 aliphatic rings. The van der Waals surface area contributed by atoms with Crippen molar-refractivity contribution in [1.82, 2.24) is 16.0 Å². The largest absolute Gasteiger partial charge is 0.480 e. The van der Waals surface area contributed by atoms with Crippen LogP contribution in [0.25, 0.3) is 0 Å². The number of carbonyl (C=O) groups excluding carboxylic acids is 3. The molecular weight excluding hydrogens is 460 g/mol. The molecule has 1 rings (SSSR count). The smallest absolute Gasteiger partial charge is 0.326 e. The highest BCUT2D eigenvalue weighted by atomic mass is 32.2. The van der Waals surface area contributed by atoms with E-state index in [2.05, 4.69) is 16.0 Å². The van der Waals surface area contributed by atoms with E-state index in [1.165, 1.54) is 18.7 Å². The third kappa shape index (κ3) is 9.70. The van der Waals surface area contributed by atoms with Crippen molar-refractivity contribution in [3.63, 3.8) is 0 Å². The molecule has 0 aliphatic heterocycles. The van der Waals surface area contributed by atoms with Crippen molar-refractivity contribution in [1.29, 1.82) is 0 Å². The van der Waals surface area contributed by atoms with E-state index in [0.717, 1.165) is 5.56 Å². The number of hydrogen-bond acceptors (Lipinski definition) is 7. The second kappa shape index (κ2) is 14.6. The van der Waals surface area contributed by atoms with Crippen molar-refractivity contribution < 1.29 is 29.4 Å². The van der Waals surface area contributed by atoms with Crippen LogP contribution in [0.5, 0.6) is 0 Å². The zero-order chi connectivity index (χ0) is 25.8. The van der Waals surface area contributed by atoms with E-state index in [0.29, 0.717) is 5.75 Å². The number of rotatable bonds is 14. The first-order valence-electron chi connectivity index (χ1n) is 11.1. The molecule has 1 aromatic rings. The van der Waals surface area contributed by atoms with E-state index in [1.54, 1.807) is 38.1 Å². The number of aliphatic hydroxyl groups excluding tert-OH is 1. The van der Waals surface area contributed by atoms with Gasteiger partial charge in [-0.05, 0) is 36.8 Å². The highest BCUT2D eigenvalue weighted by Crippen LogP contribution is 2.07. The molecule has 0 saturated heterocycles. The van der Waals surface area contributed by atoms with Crippen molar-refractivity contribution in [2.45, 2.75) is 63.9 Å². The van der Waals surface area contributed by atoms with Gasteiger partial charge in [0.25, 0.3) is 0 Å². The summed E-state index contributed by atoms with van der Waals surface area (Å²) in [5, 5.41) is 27.0. The number of nitrogens with one attached hydrogen (secondary N) is 3. The van der Waals surface area contributed by atoms with Crippen LogP contribution in [0.4, 0.5) is 0 Å². The van der Waals surface area contributed by atoms with Crippen molar-refractivity contribution in [3.8, 4) is 0 Å². The van der Waals surface area contributed by atoms with Gasteiger partial charge in [0, 0.05) is 6.42 Å². The number of aliphatic hydroxyl groups is 1. The zero-order valence-electron chi connectivity index (χ0n) is 20.0. The Morgan fingerprint density at radius 2 is 1.53 bits per heavy atom. The van der Waals surface area contributed by atoms with Crippen LogP contribution in [0.3, 0.4) is 0 Å². The minimum Gasteiger partial charge on any atom is -0.480 e. The third-order valence-corrected chi connectivity index (χ3v) is 5.87. The lowest BCUT2D eigenvalue weighted by molar-refractivity contribution is -0.143. The van der Waals surface area contributed by atoms with Gasteiger partial charge in [0.05, 0.1) is 12.1 Å². The normalized spacial score (nSPS) is 15.5. The summed E-state index contributed by atoms with van der Waals surface area (Å²) in [5.41, 5.74) is 6.68. The molecule has 0 heterocycles. The fourth-order valence-electron chi connectivity index (χ4n) is 3.04. The summed E-state index contributed by atoms with van der Waals surface area (Å²) >= 11 is 1.43. The van der Waals surface area contributed by atoms with E-state index in [4.69, 9.17) is 5.73 Å². The first kappa shape index (κ1) is 29.4. The summed E-state index contributed by atoms with van der Waals surface area (Å²) in [4.78, 5) is 49.9. The van der Waals surface area contributed by atoms with E-state index in [1.807, 2.05) is 12.3 Å². The predicted molar refractivity (Wildman–Crippen MR) is 131 cm³/mol. The second-order valence-corrected chi connectivity index (χ2v) is 9.41. The van der Waals surface area contributed by atoms with Gasteiger partial charge < -0.3 is 31.9 Å². The molecule has 0 saturated carbocycles. The Balaban J connectivity index is 3.04. The van der Waals surface area contributed by atoms with Crippen LogP contribution >= 0.6 is 11.8 Å². The molecule has 0 aromatic heterocycles. The summed E-state index contributed by atoms with van der Waals surface area (Å²) in [6, 6.07) is 4.48. The molecule has 5 unspecified atom stereocenters. The van der Waals surface area contributed by atoms with Crippen molar-refractivity contribution >= 4 is 35.5 Å². The average Bonchev–Trinajstić information content (AvgIpc) is 2.78. The highest BCUT2D eigenvalue weighted by Gasteiger charge is 2.33. The van der Waals surface area contributed by atoms with Crippen molar-refractivity contribution in [2.75, 3.05) is 12.0 Å². The molecule has 7 N–H and O–H groups in total. The molecule has 0 spiro atoms. The monoisotopic (exact) mass is 496 g/mol. The maximum absolute atomic E-state index is 13.1. The number of carboxylic acid groups (broad SMARTS) is 1. The van der Waals surface area contributed by atoms with E-state index in [9.17, 15) is 29.4 Å². The van der Waals surface area contributed by atoms with E-state index in [-0.39, 0.29) is 18.8 Å². The van der Waals surface area contributed by atoms with Crippen molar-refractivity contribution in [3.05, 3.63) is 35.9 Å². The average molecular weight is 497 g/mol. The molecule has 5 atom stereocenters. The van der Waals surface area contributed by atoms with Gasteiger partial charge >= 0.3 is 5.97 Å². The third-order valence-electron chi connectivity index (χ3n) is 5.22. The van der Waals surface area contributed by atoms with Crippen LogP contribution in [0.1, 0.15) is 32.8 Å². The number of hydrogen-bond donors (Lipinski definition) is 6. The SMILES string of the molecule is CSCCC(NC(=O)C(NC(=O)C(Cc1ccccc1)NC(=O)C(N)C(C)C)C(C)O)C(=O)O. The molecular formula is C23H36N4O6S. The first-order valence-corrected chi connectivity index (χ1v) is 12.5. The highest BCUT2D eigenvalue weighted by molar-refractivity contribution is 7.98. The quantitative estimate of drug-likeness (QED) is 0.207. The lowest BCUT2D eigenvalue weighted by Crippen LogP contribution is -2.60. The maximum atomic E-state index is 13.1. The van der Waals surface area contributed by atoms with E-state index >= 15 is 0 Å². The molecule has 34 heavy (non-hydrogen) atoms. The lowest BCUT2D eigenvalue weighted by atomic mass is 10.0. The number of carbonyl (C=O) groups is 4. The zero-order valence-corrected chi connectivity index (χ0v) is 20.8. The Morgan fingerprint density at radius 3 is 2.03 bits per heavy atom. The molecule has 0 fully saturated rings. The van der Waals surface area contributed by atoms with Crippen LogP contribution in [-0.2, 0) is 25.6 Å². The first-order chi connectivity index (χ1) is 16.0. The molecule has 0 radical (unpaired) electrons.